The van der Waals surface area contributed by atoms with E-state index in [1.807, 2.05) is 36.6 Å². The maximum Gasteiger partial charge on any atom is 0.261 e. The molecule has 1 unspecified atom stereocenters. The van der Waals surface area contributed by atoms with Gasteiger partial charge in [-0.1, -0.05) is 57.2 Å². The first-order valence-corrected chi connectivity index (χ1v) is 10.9. The largest absolute Gasteiger partial charge is 0.342 e. The first-order chi connectivity index (χ1) is 13.2. The fourth-order valence-electron chi connectivity index (χ4n) is 3.45. The predicted molar refractivity (Wildman–Crippen MR) is 113 cm³/mol. The average Bonchev–Trinajstić information content (AvgIpc) is 3.33. The summed E-state index contributed by atoms with van der Waals surface area (Å²) in [6, 6.07) is 11.9. The fourth-order valence-corrected chi connectivity index (χ4v) is 4.08. The molecule has 0 aliphatic rings. The number of aryl methyl sites for hydroxylation is 1. The molecule has 1 aromatic carbocycles. The van der Waals surface area contributed by atoms with Gasteiger partial charge in [-0.25, -0.2) is 4.98 Å². The summed E-state index contributed by atoms with van der Waals surface area (Å²) in [6.45, 7) is 5.21. The van der Waals surface area contributed by atoms with E-state index in [1.54, 1.807) is 0 Å². The number of imidazole rings is 1. The van der Waals surface area contributed by atoms with Gasteiger partial charge < -0.3 is 9.88 Å². The zero-order valence-electron chi connectivity index (χ0n) is 16.3. The Kier molecular flexibility index (Phi) is 7.04. The Morgan fingerprint density at radius 2 is 1.89 bits per heavy atom. The van der Waals surface area contributed by atoms with Crippen molar-refractivity contribution in [3.63, 3.8) is 0 Å². The van der Waals surface area contributed by atoms with Gasteiger partial charge in [0.15, 0.2) is 0 Å². The van der Waals surface area contributed by atoms with Crippen LogP contribution in [0.5, 0.6) is 0 Å². The zero-order valence-corrected chi connectivity index (χ0v) is 17.1. The number of para-hydroxylation sites is 2. The van der Waals surface area contributed by atoms with Gasteiger partial charge in [0, 0.05) is 6.54 Å². The van der Waals surface area contributed by atoms with E-state index in [2.05, 4.69) is 28.9 Å². The molecule has 1 amide bonds. The van der Waals surface area contributed by atoms with Gasteiger partial charge in [0.25, 0.3) is 5.91 Å². The third kappa shape index (κ3) is 4.98. The van der Waals surface area contributed by atoms with Crippen molar-refractivity contribution in [2.45, 2.75) is 65.0 Å². The van der Waals surface area contributed by atoms with E-state index in [1.165, 1.54) is 43.4 Å². The Morgan fingerprint density at radius 3 is 2.67 bits per heavy atom. The third-order valence-corrected chi connectivity index (χ3v) is 5.77. The molecule has 2 aromatic heterocycles. The number of hydrogen-bond donors (Lipinski definition) is 1. The number of carbonyl (C=O) groups excluding carboxylic acids is 1. The SMILES string of the molecule is CCCCCCCCn1c(C(C)NC(=O)c2cccs2)nc2ccccc21. The van der Waals surface area contributed by atoms with Gasteiger partial charge in [0.05, 0.1) is 22.0 Å². The van der Waals surface area contributed by atoms with E-state index >= 15 is 0 Å². The summed E-state index contributed by atoms with van der Waals surface area (Å²) in [4.78, 5) is 18.0. The van der Waals surface area contributed by atoms with Crippen LogP contribution in [0, 0.1) is 0 Å². The molecule has 3 rings (SSSR count). The summed E-state index contributed by atoms with van der Waals surface area (Å²) < 4.78 is 2.29. The molecule has 3 aromatic rings. The fraction of sp³-hybridized carbons (Fsp3) is 0.455. The number of fused-ring (bicyclic) bond motifs is 1. The van der Waals surface area contributed by atoms with Crippen LogP contribution in [0.3, 0.4) is 0 Å². The number of unbranched alkanes of at least 4 members (excludes halogenated alkanes) is 5. The number of carbonyl (C=O) groups is 1. The number of thiophene rings is 1. The number of amides is 1. The molecule has 0 saturated carbocycles. The number of nitrogens with zero attached hydrogens (tertiary/aromatic N) is 2. The van der Waals surface area contributed by atoms with Gasteiger partial charge in [-0.05, 0) is 36.9 Å². The normalized spacial score (nSPS) is 12.4. The molecule has 0 radical (unpaired) electrons. The minimum Gasteiger partial charge on any atom is -0.342 e. The number of hydrogen-bond acceptors (Lipinski definition) is 3. The lowest BCUT2D eigenvalue weighted by atomic mass is 10.1. The molecule has 27 heavy (non-hydrogen) atoms. The van der Waals surface area contributed by atoms with Crippen LogP contribution in [0.15, 0.2) is 41.8 Å². The molecule has 0 saturated heterocycles. The van der Waals surface area contributed by atoms with Crippen LogP contribution in [0.1, 0.15) is 73.9 Å². The molecule has 0 spiro atoms. The molecule has 5 heteroatoms. The van der Waals surface area contributed by atoms with E-state index in [9.17, 15) is 4.79 Å². The first-order valence-electron chi connectivity index (χ1n) is 10.00. The Labute approximate surface area is 165 Å². The van der Waals surface area contributed by atoms with Crippen LogP contribution in [0.4, 0.5) is 0 Å². The smallest absolute Gasteiger partial charge is 0.261 e. The zero-order chi connectivity index (χ0) is 19.1. The quantitative estimate of drug-likeness (QED) is 0.440. The lowest BCUT2D eigenvalue weighted by Gasteiger charge is -2.16. The number of rotatable bonds is 10. The second-order valence-electron chi connectivity index (χ2n) is 7.05. The van der Waals surface area contributed by atoms with Crippen molar-refractivity contribution >= 4 is 28.3 Å². The standard InChI is InChI=1S/C22H29N3OS/c1-3-4-5-6-7-10-15-25-19-13-9-8-12-18(19)24-21(25)17(2)23-22(26)20-14-11-16-27-20/h8-9,11-14,16-17H,3-7,10,15H2,1-2H3,(H,23,26). The highest BCUT2D eigenvalue weighted by molar-refractivity contribution is 7.12. The van der Waals surface area contributed by atoms with Gasteiger partial charge in [0.2, 0.25) is 0 Å². The summed E-state index contributed by atoms with van der Waals surface area (Å²) in [6.07, 6.45) is 7.59. The lowest BCUT2D eigenvalue weighted by molar-refractivity contribution is 0.0942. The molecule has 1 N–H and O–H groups in total. The van der Waals surface area contributed by atoms with Crippen molar-refractivity contribution < 1.29 is 4.79 Å². The van der Waals surface area contributed by atoms with E-state index < -0.39 is 0 Å². The number of nitrogens with one attached hydrogen (secondary N) is 1. The average molecular weight is 384 g/mol. The summed E-state index contributed by atoms with van der Waals surface area (Å²) in [7, 11) is 0. The molecule has 2 heterocycles. The van der Waals surface area contributed by atoms with Crippen molar-refractivity contribution in [3.8, 4) is 0 Å². The van der Waals surface area contributed by atoms with E-state index in [0.29, 0.717) is 0 Å². The second-order valence-corrected chi connectivity index (χ2v) is 8.00. The van der Waals surface area contributed by atoms with Crippen LogP contribution in [-0.2, 0) is 6.54 Å². The first kappa shape index (κ1) is 19.6. The van der Waals surface area contributed by atoms with Crippen LogP contribution >= 0.6 is 11.3 Å². The molecule has 0 bridgehead atoms. The second kappa shape index (κ2) is 9.70. The van der Waals surface area contributed by atoms with E-state index in [-0.39, 0.29) is 11.9 Å². The van der Waals surface area contributed by atoms with Crippen molar-refractivity contribution in [2.75, 3.05) is 0 Å². The topological polar surface area (TPSA) is 46.9 Å². The van der Waals surface area contributed by atoms with Gasteiger partial charge in [-0.3, -0.25) is 4.79 Å². The molecule has 1 atom stereocenters. The van der Waals surface area contributed by atoms with Crippen LogP contribution in [-0.4, -0.2) is 15.5 Å². The minimum absolute atomic E-state index is 0.0318. The van der Waals surface area contributed by atoms with Crippen molar-refractivity contribution in [1.82, 2.24) is 14.9 Å². The molecular weight excluding hydrogens is 354 g/mol. The molecule has 144 valence electrons. The Morgan fingerprint density at radius 1 is 1.11 bits per heavy atom. The summed E-state index contributed by atoms with van der Waals surface area (Å²) >= 11 is 1.46. The molecular formula is C22H29N3OS. The van der Waals surface area contributed by atoms with Crippen LogP contribution < -0.4 is 5.32 Å². The summed E-state index contributed by atoms with van der Waals surface area (Å²) in [5.41, 5.74) is 2.15. The van der Waals surface area contributed by atoms with Gasteiger partial charge >= 0.3 is 0 Å². The Bertz CT molecular complexity index is 854. The molecule has 0 fully saturated rings. The summed E-state index contributed by atoms with van der Waals surface area (Å²) in [5, 5.41) is 5.03. The highest BCUT2D eigenvalue weighted by Gasteiger charge is 2.19. The third-order valence-electron chi connectivity index (χ3n) is 4.90. The molecule has 0 aliphatic heterocycles. The molecule has 4 nitrogen and oxygen atoms in total. The Hall–Kier alpha value is -2.14. The van der Waals surface area contributed by atoms with Crippen LogP contribution in [0.25, 0.3) is 11.0 Å². The van der Waals surface area contributed by atoms with Crippen molar-refractivity contribution in [2.24, 2.45) is 0 Å². The maximum atomic E-state index is 12.4. The van der Waals surface area contributed by atoms with Gasteiger partial charge in [0.1, 0.15) is 5.82 Å². The number of aromatic nitrogens is 2. The lowest BCUT2D eigenvalue weighted by Crippen LogP contribution is -2.28. The van der Waals surface area contributed by atoms with Gasteiger partial charge in [-0.2, -0.15) is 0 Å². The van der Waals surface area contributed by atoms with Gasteiger partial charge in [-0.15, -0.1) is 11.3 Å². The highest BCUT2D eigenvalue weighted by Crippen LogP contribution is 2.22. The highest BCUT2D eigenvalue weighted by atomic mass is 32.1. The van der Waals surface area contributed by atoms with Crippen molar-refractivity contribution in [3.05, 3.63) is 52.5 Å². The predicted octanol–water partition coefficient (Wildman–Crippen LogP) is 5.95. The van der Waals surface area contributed by atoms with Crippen molar-refractivity contribution in [1.29, 1.82) is 0 Å². The van der Waals surface area contributed by atoms with E-state index in [4.69, 9.17) is 4.98 Å². The Balaban J connectivity index is 1.72. The number of benzene rings is 1. The monoisotopic (exact) mass is 383 g/mol. The maximum absolute atomic E-state index is 12.4. The minimum atomic E-state index is -0.132. The summed E-state index contributed by atoms with van der Waals surface area (Å²) in [5.74, 6) is 0.908. The van der Waals surface area contributed by atoms with Crippen LogP contribution in [0.2, 0.25) is 0 Å². The van der Waals surface area contributed by atoms with E-state index in [0.717, 1.165) is 34.7 Å². The molecule has 0 aliphatic carbocycles.